The summed E-state index contributed by atoms with van der Waals surface area (Å²) < 4.78 is 0. The van der Waals surface area contributed by atoms with Gasteiger partial charge in [-0.15, -0.1) is 0 Å². The maximum absolute atomic E-state index is 11.5. The molecule has 0 saturated heterocycles. The average Bonchev–Trinajstić information content (AvgIpc) is 2.25. The van der Waals surface area contributed by atoms with Gasteiger partial charge in [0.15, 0.2) is 0 Å². The average molecular weight is 228 g/mol. The van der Waals surface area contributed by atoms with Crippen LogP contribution in [0.25, 0.3) is 0 Å². The number of hydrogen-bond donors (Lipinski definition) is 3. The van der Waals surface area contributed by atoms with Crippen LogP contribution in [0.15, 0.2) is 0 Å². The monoisotopic (exact) mass is 228 g/mol. The fraction of sp³-hybridized carbons (Fsp3) is 0.917. The summed E-state index contributed by atoms with van der Waals surface area (Å²) >= 11 is 0. The second-order valence-corrected chi connectivity index (χ2v) is 4.72. The van der Waals surface area contributed by atoms with Gasteiger partial charge in [0.2, 0.25) is 5.91 Å². The SMILES string of the molecule is CC(O)CCNCC(=O)NC1CCCCC1. The number of carbonyl (C=O) groups is 1. The molecular weight excluding hydrogens is 204 g/mol. The van der Waals surface area contributed by atoms with Gasteiger partial charge in [0.1, 0.15) is 0 Å². The normalized spacial score (nSPS) is 19.4. The summed E-state index contributed by atoms with van der Waals surface area (Å²) in [5.74, 6) is 0.0810. The Balaban J connectivity index is 2.01. The van der Waals surface area contributed by atoms with Gasteiger partial charge in [-0.1, -0.05) is 19.3 Å². The Bertz CT molecular complexity index is 201. The van der Waals surface area contributed by atoms with Crippen molar-refractivity contribution < 1.29 is 9.90 Å². The fourth-order valence-electron chi connectivity index (χ4n) is 2.04. The minimum atomic E-state index is -0.297. The lowest BCUT2D eigenvalue weighted by molar-refractivity contribution is -0.121. The van der Waals surface area contributed by atoms with Crippen LogP contribution in [-0.2, 0) is 4.79 Å². The Kier molecular flexibility index (Phi) is 6.42. The molecule has 0 aromatic rings. The van der Waals surface area contributed by atoms with E-state index < -0.39 is 0 Å². The van der Waals surface area contributed by atoms with Crippen LogP contribution in [-0.4, -0.2) is 36.2 Å². The minimum Gasteiger partial charge on any atom is -0.393 e. The number of rotatable bonds is 6. The van der Waals surface area contributed by atoms with E-state index in [2.05, 4.69) is 10.6 Å². The van der Waals surface area contributed by atoms with Gasteiger partial charge in [-0.2, -0.15) is 0 Å². The molecule has 0 heterocycles. The first kappa shape index (κ1) is 13.5. The number of hydrogen-bond acceptors (Lipinski definition) is 3. The summed E-state index contributed by atoms with van der Waals surface area (Å²) in [6, 6.07) is 0.389. The van der Waals surface area contributed by atoms with Gasteiger partial charge in [0.05, 0.1) is 12.6 Å². The van der Waals surface area contributed by atoms with E-state index in [-0.39, 0.29) is 12.0 Å². The molecule has 1 atom stereocenters. The van der Waals surface area contributed by atoms with Crippen LogP contribution in [0.4, 0.5) is 0 Å². The van der Waals surface area contributed by atoms with Crippen molar-refractivity contribution in [2.24, 2.45) is 0 Å². The molecule has 4 nitrogen and oxygen atoms in total. The van der Waals surface area contributed by atoms with Crippen molar-refractivity contribution in [3.63, 3.8) is 0 Å². The lowest BCUT2D eigenvalue weighted by atomic mass is 9.95. The van der Waals surface area contributed by atoms with Crippen molar-refractivity contribution >= 4 is 5.91 Å². The smallest absolute Gasteiger partial charge is 0.234 e. The Morgan fingerprint density at radius 1 is 1.38 bits per heavy atom. The van der Waals surface area contributed by atoms with Crippen LogP contribution in [0.1, 0.15) is 45.4 Å². The molecule has 4 heteroatoms. The molecule has 0 aromatic heterocycles. The number of aliphatic hydroxyl groups excluding tert-OH is 1. The molecule has 1 saturated carbocycles. The molecule has 1 unspecified atom stereocenters. The predicted molar refractivity (Wildman–Crippen MR) is 64.2 cm³/mol. The topological polar surface area (TPSA) is 61.4 Å². The number of nitrogens with one attached hydrogen (secondary N) is 2. The second kappa shape index (κ2) is 7.63. The van der Waals surface area contributed by atoms with Gasteiger partial charge in [-0.3, -0.25) is 4.79 Å². The van der Waals surface area contributed by atoms with Crippen molar-refractivity contribution in [3.05, 3.63) is 0 Å². The molecule has 1 fully saturated rings. The second-order valence-electron chi connectivity index (χ2n) is 4.72. The summed E-state index contributed by atoms with van der Waals surface area (Å²) in [7, 11) is 0. The molecule has 0 aromatic carbocycles. The van der Waals surface area contributed by atoms with E-state index in [1.165, 1.54) is 19.3 Å². The van der Waals surface area contributed by atoms with E-state index in [1.54, 1.807) is 6.92 Å². The van der Waals surface area contributed by atoms with Crippen LogP contribution >= 0.6 is 0 Å². The predicted octanol–water partition coefficient (Wildman–Crippen LogP) is 0.796. The third-order valence-corrected chi connectivity index (χ3v) is 2.99. The first-order chi connectivity index (χ1) is 7.68. The third-order valence-electron chi connectivity index (χ3n) is 2.99. The zero-order valence-electron chi connectivity index (χ0n) is 10.2. The van der Waals surface area contributed by atoms with Gasteiger partial charge in [0, 0.05) is 6.04 Å². The molecule has 0 aliphatic heterocycles. The largest absolute Gasteiger partial charge is 0.393 e. The number of aliphatic hydroxyl groups is 1. The van der Waals surface area contributed by atoms with Crippen molar-refractivity contribution in [2.45, 2.75) is 57.6 Å². The van der Waals surface area contributed by atoms with E-state index in [1.807, 2.05) is 0 Å². The van der Waals surface area contributed by atoms with E-state index in [9.17, 15) is 4.79 Å². The van der Waals surface area contributed by atoms with E-state index >= 15 is 0 Å². The molecule has 94 valence electrons. The highest BCUT2D eigenvalue weighted by Crippen LogP contribution is 2.16. The van der Waals surface area contributed by atoms with E-state index in [0.29, 0.717) is 25.6 Å². The van der Waals surface area contributed by atoms with Gasteiger partial charge >= 0.3 is 0 Å². The van der Waals surface area contributed by atoms with E-state index in [4.69, 9.17) is 5.11 Å². The quantitative estimate of drug-likeness (QED) is 0.589. The van der Waals surface area contributed by atoms with Gasteiger partial charge in [-0.05, 0) is 32.7 Å². The maximum atomic E-state index is 11.5. The molecule has 0 radical (unpaired) electrons. The van der Waals surface area contributed by atoms with Crippen LogP contribution in [0.5, 0.6) is 0 Å². The van der Waals surface area contributed by atoms with Gasteiger partial charge < -0.3 is 15.7 Å². The Morgan fingerprint density at radius 3 is 2.69 bits per heavy atom. The van der Waals surface area contributed by atoms with Crippen LogP contribution in [0.3, 0.4) is 0 Å². The van der Waals surface area contributed by atoms with Crippen LogP contribution in [0.2, 0.25) is 0 Å². The molecular formula is C12H24N2O2. The molecule has 0 bridgehead atoms. The summed E-state index contributed by atoms with van der Waals surface area (Å²) in [6.45, 7) is 2.81. The zero-order valence-corrected chi connectivity index (χ0v) is 10.2. The number of carbonyl (C=O) groups excluding carboxylic acids is 1. The van der Waals surface area contributed by atoms with Crippen LogP contribution < -0.4 is 10.6 Å². The highest BCUT2D eigenvalue weighted by molar-refractivity contribution is 5.78. The molecule has 3 N–H and O–H groups in total. The first-order valence-electron chi connectivity index (χ1n) is 6.36. The fourth-order valence-corrected chi connectivity index (χ4v) is 2.04. The van der Waals surface area contributed by atoms with Gasteiger partial charge in [0.25, 0.3) is 0 Å². The van der Waals surface area contributed by atoms with Crippen molar-refractivity contribution in [3.8, 4) is 0 Å². The summed E-state index contributed by atoms with van der Waals surface area (Å²) in [5, 5.41) is 15.1. The lowest BCUT2D eigenvalue weighted by Gasteiger charge is -2.22. The maximum Gasteiger partial charge on any atom is 0.234 e. The highest BCUT2D eigenvalue weighted by atomic mass is 16.3. The third kappa shape index (κ3) is 6.08. The van der Waals surface area contributed by atoms with Crippen molar-refractivity contribution in [1.82, 2.24) is 10.6 Å². The summed E-state index contributed by atoms with van der Waals surface area (Å²) in [5.41, 5.74) is 0. The summed E-state index contributed by atoms with van der Waals surface area (Å²) in [4.78, 5) is 11.5. The Morgan fingerprint density at radius 2 is 2.06 bits per heavy atom. The minimum absolute atomic E-state index is 0.0810. The molecule has 1 aliphatic rings. The van der Waals surface area contributed by atoms with Crippen molar-refractivity contribution in [1.29, 1.82) is 0 Å². The Hall–Kier alpha value is -0.610. The van der Waals surface area contributed by atoms with Crippen molar-refractivity contribution in [2.75, 3.05) is 13.1 Å². The molecule has 16 heavy (non-hydrogen) atoms. The van der Waals surface area contributed by atoms with Gasteiger partial charge in [-0.25, -0.2) is 0 Å². The molecule has 1 amide bonds. The van der Waals surface area contributed by atoms with Crippen LogP contribution in [0, 0.1) is 0 Å². The standard InChI is InChI=1S/C12H24N2O2/c1-10(15)7-8-13-9-12(16)14-11-5-3-2-4-6-11/h10-11,13,15H,2-9H2,1H3,(H,14,16). The molecule has 1 aliphatic carbocycles. The highest BCUT2D eigenvalue weighted by Gasteiger charge is 2.14. The molecule has 1 rings (SSSR count). The first-order valence-corrected chi connectivity index (χ1v) is 6.36. The summed E-state index contributed by atoms with van der Waals surface area (Å²) in [6.07, 6.45) is 6.42. The molecule has 0 spiro atoms. The Labute approximate surface area is 97.8 Å². The number of amides is 1. The zero-order chi connectivity index (χ0) is 11.8. The lowest BCUT2D eigenvalue weighted by Crippen LogP contribution is -2.41. The van der Waals surface area contributed by atoms with E-state index in [0.717, 1.165) is 12.8 Å².